The molecule has 96 valence electrons. The third kappa shape index (κ3) is 2.97. The topological polar surface area (TPSA) is 59.1 Å². The molecule has 1 heterocycles. The van der Waals surface area contributed by atoms with Crippen LogP contribution < -0.4 is 4.72 Å². The van der Waals surface area contributed by atoms with E-state index in [1.54, 1.807) is 18.2 Å². The summed E-state index contributed by atoms with van der Waals surface area (Å²) in [4.78, 5) is 3.69. The second-order valence-corrected chi connectivity index (χ2v) is 7.86. The molecule has 0 unspecified atom stereocenters. The number of sulfonamides is 1. The first-order valence-electron chi connectivity index (χ1n) is 4.48. The van der Waals surface area contributed by atoms with Crippen LogP contribution in [-0.2, 0) is 10.0 Å². The van der Waals surface area contributed by atoms with Crippen molar-refractivity contribution in [3.8, 4) is 0 Å². The van der Waals surface area contributed by atoms with Gasteiger partial charge in [-0.15, -0.1) is 0 Å². The van der Waals surface area contributed by atoms with Crippen molar-refractivity contribution in [3.05, 3.63) is 38.4 Å². The zero-order valence-electron chi connectivity index (χ0n) is 8.52. The van der Waals surface area contributed by atoms with Crippen LogP contribution >= 0.6 is 50.5 Å². The predicted molar refractivity (Wildman–Crippen MR) is 77.1 cm³/mol. The van der Waals surface area contributed by atoms with Crippen LogP contribution in [0.3, 0.4) is 0 Å². The molecule has 0 aliphatic rings. The lowest BCUT2D eigenvalue weighted by atomic mass is 10.3. The summed E-state index contributed by atoms with van der Waals surface area (Å²) in [5.41, 5.74) is 0.354. The minimum Gasteiger partial charge on any atom is -0.278 e. The quantitative estimate of drug-likeness (QED) is 0.865. The van der Waals surface area contributed by atoms with Crippen LogP contribution in [-0.4, -0.2) is 13.4 Å². The van der Waals surface area contributed by atoms with Crippen molar-refractivity contribution in [1.29, 1.82) is 0 Å². The average molecular weight is 388 g/mol. The van der Waals surface area contributed by atoms with Gasteiger partial charge < -0.3 is 0 Å². The number of benzene rings is 1. The molecule has 2 aromatic rings. The average Bonchev–Trinajstić information content (AvgIpc) is 2.72. The van der Waals surface area contributed by atoms with Gasteiger partial charge >= 0.3 is 0 Å². The Balaban J connectivity index is 2.37. The molecule has 0 aliphatic heterocycles. The number of thiazole rings is 1. The Bertz CT molecular complexity index is 688. The van der Waals surface area contributed by atoms with E-state index in [0.717, 1.165) is 11.3 Å². The summed E-state index contributed by atoms with van der Waals surface area (Å²) in [6, 6.07) is 4.88. The van der Waals surface area contributed by atoms with Gasteiger partial charge in [-0.1, -0.05) is 40.6 Å². The van der Waals surface area contributed by atoms with Crippen molar-refractivity contribution in [2.45, 2.75) is 4.21 Å². The Labute approximate surface area is 126 Å². The summed E-state index contributed by atoms with van der Waals surface area (Å²) in [5.74, 6) is 0. The minimum absolute atomic E-state index is 0.0411. The number of nitrogens with one attached hydrogen (secondary N) is 1. The third-order valence-electron chi connectivity index (χ3n) is 1.92. The fourth-order valence-electron chi connectivity index (χ4n) is 1.14. The molecule has 0 atom stereocenters. The molecule has 0 aliphatic carbocycles. The highest BCUT2D eigenvalue weighted by molar-refractivity contribution is 9.10. The van der Waals surface area contributed by atoms with Gasteiger partial charge in [-0.3, -0.25) is 4.72 Å². The van der Waals surface area contributed by atoms with Gasteiger partial charge in [0, 0.05) is 0 Å². The monoisotopic (exact) mass is 386 g/mol. The van der Waals surface area contributed by atoms with E-state index >= 15 is 0 Å². The fraction of sp³-hybridized carbons (Fsp3) is 0. The number of hydrogen-bond donors (Lipinski definition) is 1. The largest absolute Gasteiger partial charge is 0.278 e. The van der Waals surface area contributed by atoms with Crippen LogP contribution in [0.25, 0.3) is 0 Å². The van der Waals surface area contributed by atoms with Crippen molar-refractivity contribution < 1.29 is 8.42 Å². The van der Waals surface area contributed by atoms with E-state index < -0.39 is 10.0 Å². The summed E-state index contributed by atoms with van der Waals surface area (Å²) in [6.07, 6.45) is 1.20. The molecule has 2 rings (SSSR count). The SMILES string of the molecule is O=S(=O)(Nc1cccc(Cl)c1Br)c1cnc(Cl)s1. The van der Waals surface area contributed by atoms with E-state index in [4.69, 9.17) is 23.2 Å². The van der Waals surface area contributed by atoms with Gasteiger partial charge in [0.1, 0.15) is 0 Å². The highest BCUT2D eigenvalue weighted by atomic mass is 79.9. The van der Waals surface area contributed by atoms with Crippen LogP contribution in [0.4, 0.5) is 5.69 Å². The number of rotatable bonds is 3. The van der Waals surface area contributed by atoms with Gasteiger partial charge in [-0.25, -0.2) is 13.4 Å². The minimum atomic E-state index is -3.70. The maximum Gasteiger partial charge on any atom is 0.273 e. The lowest BCUT2D eigenvalue weighted by molar-refractivity contribution is 0.603. The summed E-state index contributed by atoms with van der Waals surface area (Å²) in [6.45, 7) is 0. The molecule has 1 N–H and O–H groups in total. The third-order valence-corrected chi connectivity index (χ3v) is 6.26. The maximum atomic E-state index is 12.0. The lowest BCUT2D eigenvalue weighted by Crippen LogP contribution is -2.11. The predicted octanol–water partition coefficient (Wildman–Crippen LogP) is 4.01. The molecular formula is C9H5BrCl2N2O2S2. The van der Waals surface area contributed by atoms with Gasteiger partial charge in [0.2, 0.25) is 0 Å². The number of hydrogen-bond acceptors (Lipinski definition) is 4. The first-order valence-corrected chi connectivity index (χ1v) is 8.33. The van der Waals surface area contributed by atoms with Crippen LogP contribution in [0.15, 0.2) is 33.1 Å². The fourth-order valence-corrected chi connectivity index (χ4v) is 4.17. The Morgan fingerprint density at radius 2 is 2.06 bits per heavy atom. The molecule has 1 aromatic heterocycles. The molecule has 0 radical (unpaired) electrons. The number of nitrogens with zero attached hydrogens (tertiary/aromatic N) is 1. The van der Waals surface area contributed by atoms with E-state index in [2.05, 4.69) is 25.6 Å². The van der Waals surface area contributed by atoms with Gasteiger partial charge in [0.15, 0.2) is 8.68 Å². The van der Waals surface area contributed by atoms with Crippen molar-refractivity contribution >= 4 is 66.2 Å². The smallest absolute Gasteiger partial charge is 0.273 e. The Morgan fingerprint density at radius 1 is 1.33 bits per heavy atom. The van der Waals surface area contributed by atoms with Crippen LogP contribution in [0, 0.1) is 0 Å². The zero-order valence-corrected chi connectivity index (χ0v) is 13.3. The van der Waals surface area contributed by atoms with Gasteiger partial charge in [-0.05, 0) is 28.1 Å². The summed E-state index contributed by atoms with van der Waals surface area (Å²) in [7, 11) is -3.70. The van der Waals surface area contributed by atoms with E-state index in [1.165, 1.54) is 6.20 Å². The number of anilines is 1. The highest BCUT2D eigenvalue weighted by Crippen LogP contribution is 2.32. The Hall–Kier alpha value is -0.340. The van der Waals surface area contributed by atoms with E-state index in [1.807, 2.05) is 0 Å². The molecular weight excluding hydrogens is 383 g/mol. The summed E-state index contributed by atoms with van der Waals surface area (Å²) < 4.78 is 27.1. The molecule has 0 saturated heterocycles. The normalized spacial score (nSPS) is 11.5. The number of halogens is 3. The van der Waals surface area contributed by atoms with E-state index in [-0.39, 0.29) is 8.68 Å². The zero-order chi connectivity index (χ0) is 13.3. The lowest BCUT2D eigenvalue weighted by Gasteiger charge is -2.08. The van der Waals surface area contributed by atoms with Crippen molar-refractivity contribution in [2.75, 3.05) is 4.72 Å². The molecule has 9 heteroatoms. The first-order chi connectivity index (χ1) is 8.40. The van der Waals surface area contributed by atoms with E-state index in [0.29, 0.717) is 15.2 Å². The van der Waals surface area contributed by atoms with Gasteiger partial charge in [-0.2, -0.15) is 0 Å². The summed E-state index contributed by atoms with van der Waals surface area (Å²) in [5, 5.41) is 0.414. The second-order valence-electron chi connectivity index (χ2n) is 3.14. The summed E-state index contributed by atoms with van der Waals surface area (Å²) >= 11 is 15.6. The van der Waals surface area contributed by atoms with Gasteiger partial charge in [0.05, 0.1) is 21.4 Å². The van der Waals surface area contributed by atoms with Crippen molar-refractivity contribution in [3.63, 3.8) is 0 Å². The molecule has 18 heavy (non-hydrogen) atoms. The van der Waals surface area contributed by atoms with E-state index in [9.17, 15) is 8.42 Å². The molecule has 0 spiro atoms. The van der Waals surface area contributed by atoms with Gasteiger partial charge in [0.25, 0.3) is 10.0 Å². The molecule has 0 saturated carbocycles. The first kappa shape index (κ1) is 14.1. The Kier molecular flexibility index (Phi) is 4.18. The molecule has 4 nitrogen and oxygen atoms in total. The molecule has 1 aromatic carbocycles. The maximum absolute atomic E-state index is 12.0. The molecule has 0 fully saturated rings. The standard InChI is InChI=1S/C9H5BrCl2N2O2S2/c10-8-5(11)2-1-3-6(8)14-18(15,16)7-4-13-9(12)17-7/h1-4,14H. The highest BCUT2D eigenvalue weighted by Gasteiger charge is 2.19. The molecule has 0 bridgehead atoms. The van der Waals surface area contributed by atoms with Crippen LogP contribution in [0.2, 0.25) is 9.49 Å². The molecule has 0 amide bonds. The van der Waals surface area contributed by atoms with Crippen LogP contribution in [0.1, 0.15) is 0 Å². The Morgan fingerprint density at radius 3 is 2.67 bits per heavy atom. The van der Waals surface area contributed by atoms with Crippen LogP contribution in [0.5, 0.6) is 0 Å². The second kappa shape index (κ2) is 5.34. The van der Waals surface area contributed by atoms with Crippen molar-refractivity contribution in [2.24, 2.45) is 0 Å². The van der Waals surface area contributed by atoms with Crippen molar-refractivity contribution in [1.82, 2.24) is 4.98 Å². The number of aromatic nitrogens is 1.